The van der Waals surface area contributed by atoms with Gasteiger partial charge in [0.2, 0.25) is 0 Å². The Morgan fingerprint density at radius 3 is 2.11 bits per heavy atom. The van der Waals surface area contributed by atoms with Crippen molar-refractivity contribution in [1.82, 2.24) is 0 Å². The monoisotopic (exact) mass is 141 g/mol. The number of nitrogens with zero attached hydrogens (tertiary/aromatic N) is 1. The van der Waals surface area contributed by atoms with Crippen molar-refractivity contribution in [2.75, 3.05) is 0 Å². The molecule has 0 fully saturated rings. The number of alkyl halides is 3. The van der Waals surface area contributed by atoms with Crippen LogP contribution in [0, 0.1) is 0 Å². The summed E-state index contributed by atoms with van der Waals surface area (Å²) in [5.74, 6) is -2.18. The van der Waals surface area contributed by atoms with E-state index in [0.29, 0.717) is 0 Å². The Kier molecular flexibility index (Phi) is 2.18. The molecule has 3 nitrogen and oxygen atoms in total. The Balaban J connectivity index is 4.06. The molecule has 0 aliphatic carbocycles. The van der Waals surface area contributed by atoms with Crippen molar-refractivity contribution in [3.63, 3.8) is 0 Å². The van der Waals surface area contributed by atoms with Gasteiger partial charge >= 0.3 is 6.18 Å². The molecule has 0 saturated heterocycles. The second-order valence-corrected chi connectivity index (χ2v) is 1.11. The van der Waals surface area contributed by atoms with Crippen LogP contribution in [0.3, 0.4) is 0 Å². The van der Waals surface area contributed by atoms with Gasteiger partial charge in [-0.15, -0.1) is 0 Å². The number of carbonyl (C=O) groups excluding carboxylic acids is 1. The average Bonchev–Trinajstić information content (AvgIpc) is 1.64. The van der Waals surface area contributed by atoms with Gasteiger partial charge in [-0.05, 0) is 0 Å². The van der Waals surface area contributed by atoms with Crippen molar-refractivity contribution in [2.24, 2.45) is 5.16 Å². The van der Waals surface area contributed by atoms with Crippen molar-refractivity contribution < 1.29 is 23.2 Å². The van der Waals surface area contributed by atoms with Crippen molar-refractivity contribution in [2.45, 2.75) is 6.18 Å². The lowest BCUT2D eigenvalue weighted by Gasteiger charge is -1.96. The van der Waals surface area contributed by atoms with E-state index >= 15 is 0 Å². The lowest BCUT2D eigenvalue weighted by Crippen LogP contribution is -2.23. The fourth-order valence-corrected chi connectivity index (χ4v) is 0.126. The van der Waals surface area contributed by atoms with E-state index in [2.05, 4.69) is 0 Å². The van der Waals surface area contributed by atoms with Gasteiger partial charge in [0.25, 0.3) is 5.78 Å². The molecule has 0 unspecified atom stereocenters. The second-order valence-electron chi connectivity index (χ2n) is 1.11. The zero-order chi connectivity index (χ0) is 7.49. The first-order valence-corrected chi connectivity index (χ1v) is 1.77. The fraction of sp³-hybridized carbons (Fsp3) is 0.333. The zero-order valence-corrected chi connectivity index (χ0v) is 4.01. The summed E-state index contributed by atoms with van der Waals surface area (Å²) >= 11 is 0. The molecule has 0 radical (unpaired) electrons. The minimum absolute atomic E-state index is 0.208. The van der Waals surface area contributed by atoms with E-state index in [1.165, 1.54) is 0 Å². The van der Waals surface area contributed by atoms with Crippen LogP contribution in [-0.2, 0) is 4.79 Å². The SMILES string of the molecule is O=C(C=NO)C(F)(F)F. The lowest BCUT2D eigenvalue weighted by molar-refractivity contribution is -0.162. The molecular weight excluding hydrogens is 139 g/mol. The predicted octanol–water partition coefficient (Wildman–Crippen LogP) is 0.578. The van der Waals surface area contributed by atoms with Crippen molar-refractivity contribution in [3.05, 3.63) is 0 Å². The van der Waals surface area contributed by atoms with Crippen LogP contribution in [0.5, 0.6) is 0 Å². The summed E-state index contributed by atoms with van der Waals surface area (Å²) in [6.45, 7) is 0. The van der Waals surface area contributed by atoms with Crippen LogP contribution in [0.2, 0.25) is 0 Å². The van der Waals surface area contributed by atoms with E-state index in [9.17, 15) is 18.0 Å². The van der Waals surface area contributed by atoms with Gasteiger partial charge in [0, 0.05) is 0 Å². The van der Waals surface area contributed by atoms with E-state index in [1.807, 2.05) is 5.16 Å². The molecular formula is C3H2F3NO2. The molecule has 0 amide bonds. The summed E-state index contributed by atoms with van der Waals surface area (Å²) in [6.07, 6.45) is -5.15. The molecule has 9 heavy (non-hydrogen) atoms. The summed E-state index contributed by atoms with van der Waals surface area (Å²) in [5.41, 5.74) is 0. The molecule has 0 spiro atoms. The summed E-state index contributed by atoms with van der Waals surface area (Å²) in [7, 11) is 0. The minimum atomic E-state index is -4.94. The molecule has 6 heteroatoms. The van der Waals surface area contributed by atoms with Gasteiger partial charge in [0.05, 0.1) is 0 Å². The molecule has 1 N–H and O–H groups in total. The standard InChI is InChI=1S/C3H2F3NO2/c4-3(5,6)2(8)1-7-9/h1,9H. The van der Waals surface area contributed by atoms with Crippen LogP contribution in [-0.4, -0.2) is 23.4 Å². The van der Waals surface area contributed by atoms with Gasteiger partial charge < -0.3 is 5.21 Å². The van der Waals surface area contributed by atoms with Gasteiger partial charge in [-0.3, -0.25) is 4.79 Å². The first-order valence-electron chi connectivity index (χ1n) is 1.77. The van der Waals surface area contributed by atoms with E-state index in [0.717, 1.165) is 0 Å². The molecule has 0 aliphatic rings. The van der Waals surface area contributed by atoms with Crippen LogP contribution in [0.1, 0.15) is 0 Å². The van der Waals surface area contributed by atoms with Gasteiger partial charge in [0.15, 0.2) is 0 Å². The third-order valence-electron chi connectivity index (χ3n) is 0.454. The maximum absolute atomic E-state index is 11.1. The smallest absolute Gasteiger partial charge is 0.411 e. The average molecular weight is 141 g/mol. The number of Topliss-reactive ketones (excluding diaryl/α,β-unsaturated/α-hetero) is 1. The Labute approximate surface area is 47.8 Å². The van der Waals surface area contributed by atoms with E-state index in [4.69, 9.17) is 5.21 Å². The third-order valence-corrected chi connectivity index (χ3v) is 0.454. The highest BCUT2D eigenvalue weighted by atomic mass is 19.4. The predicted molar refractivity (Wildman–Crippen MR) is 21.3 cm³/mol. The lowest BCUT2D eigenvalue weighted by atomic mass is 10.4. The van der Waals surface area contributed by atoms with Gasteiger partial charge in [0.1, 0.15) is 6.21 Å². The molecule has 0 saturated carbocycles. The fourth-order valence-electron chi connectivity index (χ4n) is 0.126. The summed E-state index contributed by atoms with van der Waals surface area (Å²) in [6, 6.07) is 0. The number of halogens is 3. The van der Waals surface area contributed by atoms with Crippen molar-refractivity contribution >= 4 is 12.0 Å². The van der Waals surface area contributed by atoms with Gasteiger partial charge in [-0.1, -0.05) is 5.16 Å². The number of oxime groups is 1. The number of hydrogen-bond acceptors (Lipinski definition) is 3. The Morgan fingerprint density at radius 1 is 1.56 bits per heavy atom. The molecule has 0 aromatic carbocycles. The van der Waals surface area contributed by atoms with Crippen LogP contribution in [0.4, 0.5) is 13.2 Å². The second kappa shape index (κ2) is 2.47. The maximum Gasteiger partial charge on any atom is 0.455 e. The largest absolute Gasteiger partial charge is 0.455 e. The van der Waals surface area contributed by atoms with E-state index in [1.54, 1.807) is 0 Å². The molecule has 0 heterocycles. The third kappa shape index (κ3) is 2.68. The molecule has 0 atom stereocenters. The minimum Gasteiger partial charge on any atom is -0.411 e. The van der Waals surface area contributed by atoms with E-state index < -0.39 is 12.0 Å². The molecule has 52 valence electrons. The van der Waals surface area contributed by atoms with Crippen LogP contribution in [0.25, 0.3) is 0 Å². The highest BCUT2D eigenvalue weighted by Crippen LogP contribution is 2.14. The topological polar surface area (TPSA) is 49.7 Å². The summed E-state index contributed by atoms with van der Waals surface area (Å²) < 4.78 is 33.3. The number of ketones is 1. The van der Waals surface area contributed by atoms with Crippen LogP contribution < -0.4 is 0 Å². The highest BCUT2D eigenvalue weighted by molar-refractivity contribution is 6.29. The molecule has 0 bridgehead atoms. The normalized spacial score (nSPS) is 12.3. The van der Waals surface area contributed by atoms with Crippen molar-refractivity contribution in [3.8, 4) is 0 Å². The van der Waals surface area contributed by atoms with Crippen LogP contribution >= 0.6 is 0 Å². The number of carbonyl (C=O) groups is 1. The molecule has 0 aromatic heterocycles. The van der Waals surface area contributed by atoms with Gasteiger partial charge in [-0.2, -0.15) is 13.2 Å². The summed E-state index contributed by atoms with van der Waals surface area (Å²) in [4.78, 5) is 9.63. The number of hydrogen-bond donors (Lipinski definition) is 1. The molecule has 0 aromatic rings. The first-order chi connectivity index (χ1) is 3.98. The molecule has 0 rings (SSSR count). The molecule has 0 aliphatic heterocycles. The van der Waals surface area contributed by atoms with Gasteiger partial charge in [-0.25, -0.2) is 0 Å². The van der Waals surface area contributed by atoms with Crippen molar-refractivity contribution in [1.29, 1.82) is 0 Å². The van der Waals surface area contributed by atoms with Crippen LogP contribution in [0.15, 0.2) is 5.16 Å². The quantitative estimate of drug-likeness (QED) is 0.330. The maximum atomic E-state index is 11.1. The van der Waals surface area contributed by atoms with E-state index in [-0.39, 0.29) is 6.21 Å². The number of rotatable bonds is 1. The Hall–Kier alpha value is -1.07. The first kappa shape index (κ1) is 7.93. The Bertz CT molecular complexity index is 138. The highest BCUT2D eigenvalue weighted by Gasteiger charge is 2.36. The zero-order valence-electron chi connectivity index (χ0n) is 4.01. The Morgan fingerprint density at radius 2 is 2.00 bits per heavy atom. The summed E-state index contributed by atoms with van der Waals surface area (Å²) in [5, 5.41) is 9.36.